The molecule has 1 heterocycles. The van der Waals surface area contributed by atoms with Crippen molar-refractivity contribution in [1.29, 1.82) is 0 Å². The van der Waals surface area contributed by atoms with E-state index in [1.165, 1.54) is 15.6 Å². The molecule has 108 valence electrons. The van der Waals surface area contributed by atoms with Crippen LogP contribution in [0.25, 0.3) is 0 Å². The molecule has 0 aliphatic carbocycles. The van der Waals surface area contributed by atoms with Gasteiger partial charge in [-0.15, -0.1) is 11.3 Å². The standard InChI is InChI=1S/C14H17NO3S2/c1-3-15(20(16,17)14-10-7-11-19-14)12-8-5-6-9-13(12)18-4-2/h5-11H,3-4H2,1-2H3. The number of nitrogens with zero attached hydrogens (tertiary/aromatic N) is 1. The third-order valence-corrected chi connectivity index (χ3v) is 6.02. The van der Waals surface area contributed by atoms with Gasteiger partial charge in [-0.2, -0.15) is 0 Å². The molecule has 2 aromatic rings. The fourth-order valence-electron chi connectivity index (χ4n) is 1.93. The van der Waals surface area contributed by atoms with Crippen molar-refractivity contribution in [3.63, 3.8) is 0 Å². The molecule has 0 unspecified atom stereocenters. The third-order valence-electron chi connectivity index (χ3n) is 2.76. The van der Waals surface area contributed by atoms with Crippen molar-refractivity contribution in [2.24, 2.45) is 0 Å². The molecule has 0 amide bonds. The van der Waals surface area contributed by atoms with Crippen LogP contribution in [-0.4, -0.2) is 21.6 Å². The first-order chi connectivity index (χ1) is 9.61. The molecule has 0 N–H and O–H groups in total. The number of sulfonamides is 1. The number of ether oxygens (including phenoxy) is 1. The molecule has 0 atom stereocenters. The number of hydrogen-bond acceptors (Lipinski definition) is 4. The van der Waals surface area contributed by atoms with Crippen LogP contribution < -0.4 is 9.04 Å². The van der Waals surface area contributed by atoms with E-state index in [2.05, 4.69) is 0 Å². The van der Waals surface area contributed by atoms with Crippen LogP contribution in [0.2, 0.25) is 0 Å². The van der Waals surface area contributed by atoms with Crippen molar-refractivity contribution in [1.82, 2.24) is 0 Å². The first kappa shape index (κ1) is 14.9. The van der Waals surface area contributed by atoms with Crippen LogP contribution in [-0.2, 0) is 10.0 Å². The van der Waals surface area contributed by atoms with Gasteiger partial charge in [0.1, 0.15) is 9.96 Å². The van der Waals surface area contributed by atoms with Crippen LogP contribution in [0.1, 0.15) is 13.8 Å². The largest absolute Gasteiger partial charge is 0.492 e. The highest BCUT2D eigenvalue weighted by Gasteiger charge is 2.26. The predicted molar refractivity (Wildman–Crippen MR) is 82.1 cm³/mol. The summed E-state index contributed by atoms with van der Waals surface area (Å²) in [6, 6.07) is 10.5. The van der Waals surface area contributed by atoms with Crippen LogP contribution >= 0.6 is 11.3 Å². The number of rotatable bonds is 6. The highest BCUT2D eigenvalue weighted by Crippen LogP contribution is 2.33. The summed E-state index contributed by atoms with van der Waals surface area (Å²) in [6.45, 7) is 4.53. The maximum Gasteiger partial charge on any atom is 0.273 e. The lowest BCUT2D eigenvalue weighted by Gasteiger charge is -2.24. The van der Waals surface area contributed by atoms with Crippen LogP contribution in [0.5, 0.6) is 5.75 Å². The summed E-state index contributed by atoms with van der Waals surface area (Å²) in [5, 5.41) is 1.76. The normalized spacial score (nSPS) is 11.3. The Morgan fingerprint density at radius 2 is 1.90 bits per heavy atom. The van der Waals surface area contributed by atoms with E-state index in [0.717, 1.165) is 0 Å². The molecule has 0 radical (unpaired) electrons. The number of hydrogen-bond donors (Lipinski definition) is 0. The van der Waals surface area contributed by atoms with E-state index in [4.69, 9.17) is 4.74 Å². The molecule has 0 aliphatic rings. The Labute approximate surface area is 123 Å². The summed E-state index contributed by atoms with van der Waals surface area (Å²) in [5.41, 5.74) is 0.574. The predicted octanol–water partition coefficient (Wildman–Crippen LogP) is 3.36. The van der Waals surface area contributed by atoms with Gasteiger partial charge in [-0.05, 0) is 37.4 Å². The number of anilines is 1. The van der Waals surface area contributed by atoms with Gasteiger partial charge in [0.05, 0.1) is 12.3 Å². The summed E-state index contributed by atoms with van der Waals surface area (Å²) in [4.78, 5) is 0. The lowest BCUT2D eigenvalue weighted by molar-refractivity contribution is 0.341. The zero-order chi connectivity index (χ0) is 14.6. The van der Waals surface area contributed by atoms with Crippen LogP contribution in [0.3, 0.4) is 0 Å². The second kappa shape index (κ2) is 6.28. The maximum atomic E-state index is 12.7. The van der Waals surface area contributed by atoms with Gasteiger partial charge < -0.3 is 4.74 Å². The van der Waals surface area contributed by atoms with E-state index in [-0.39, 0.29) is 0 Å². The highest BCUT2D eigenvalue weighted by molar-refractivity contribution is 7.94. The van der Waals surface area contributed by atoms with Gasteiger partial charge in [0, 0.05) is 6.54 Å². The van der Waals surface area contributed by atoms with Gasteiger partial charge in [-0.25, -0.2) is 8.42 Å². The molecule has 4 nitrogen and oxygen atoms in total. The van der Waals surface area contributed by atoms with E-state index in [0.29, 0.717) is 28.8 Å². The van der Waals surface area contributed by atoms with Crippen LogP contribution in [0.4, 0.5) is 5.69 Å². The molecule has 20 heavy (non-hydrogen) atoms. The third kappa shape index (κ3) is 2.81. The Hall–Kier alpha value is -1.53. The highest BCUT2D eigenvalue weighted by atomic mass is 32.2. The monoisotopic (exact) mass is 311 g/mol. The summed E-state index contributed by atoms with van der Waals surface area (Å²) in [5.74, 6) is 0.581. The van der Waals surface area contributed by atoms with Crippen molar-refractivity contribution in [2.75, 3.05) is 17.5 Å². The van der Waals surface area contributed by atoms with Gasteiger partial charge in [0.15, 0.2) is 0 Å². The van der Waals surface area contributed by atoms with Gasteiger partial charge in [-0.3, -0.25) is 4.31 Å². The summed E-state index contributed by atoms with van der Waals surface area (Å²) < 4.78 is 32.6. The zero-order valence-electron chi connectivity index (χ0n) is 11.4. The number of para-hydroxylation sites is 2. The van der Waals surface area contributed by atoms with Crippen LogP contribution in [0, 0.1) is 0 Å². The summed E-state index contributed by atoms with van der Waals surface area (Å²) in [7, 11) is -3.53. The summed E-state index contributed by atoms with van der Waals surface area (Å²) >= 11 is 1.22. The van der Waals surface area contributed by atoms with Crippen molar-refractivity contribution in [2.45, 2.75) is 18.1 Å². The molecular formula is C14H17NO3S2. The zero-order valence-corrected chi connectivity index (χ0v) is 13.1. The van der Waals surface area contributed by atoms with Crippen molar-refractivity contribution in [3.8, 4) is 5.75 Å². The van der Waals surface area contributed by atoms with Crippen molar-refractivity contribution < 1.29 is 13.2 Å². The van der Waals surface area contributed by atoms with Gasteiger partial charge in [-0.1, -0.05) is 18.2 Å². The molecule has 2 rings (SSSR count). The average Bonchev–Trinajstić information content (AvgIpc) is 2.96. The Balaban J connectivity index is 2.48. The SMILES string of the molecule is CCOc1ccccc1N(CC)S(=O)(=O)c1cccs1. The Morgan fingerprint density at radius 3 is 2.50 bits per heavy atom. The molecule has 0 bridgehead atoms. The maximum absolute atomic E-state index is 12.7. The first-order valence-corrected chi connectivity index (χ1v) is 8.71. The Bertz CT molecular complexity index is 651. The molecule has 1 aromatic heterocycles. The fraction of sp³-hybridized carbons (Fsp3) is 0.286. The van der Waals surface area contributed by atoms with E-state index in [1.807, 2.05) is 26.0 Å². The van der Waals surface area contributed by atoms with E-state index < -0.39 is 10.0 Å². The molecule has 0 spiro atoms. The topological polar surface area (TPSA) is 46.6 Å². The minimum atomic E-state index is -3.53. The second-order valence-corrected chi connectivity index (χ2v) is 7.04. The minimum absolute atomic E-state index is 0.339. The molecule has 6 heteroatoms. The van der Waals surface area contributed by atoms with E-state index in [9.17, 15) is 8.42 Å². The molecule has 0 fully saturated rings. The average molecular weight is 311 g/mol. The van der Waals surface area contributed by atoms with E-state index in [1.54, 1.807) is 29.6 Å². The van der Waals surface area contributed by atoms with Crippen molar-refractivity contribution in [3.05, 3.63) is 41.8 Å². The van der Waals surface area contributed by atoms with E-state index >= 15 is 0 Å². The van der Waals surface area contributed by atoms with Crippen molar-refractivity contribution >= 4 is 27.0 Å². The molecule has 0 aliphatic heterocycles. The lowest BCUT2D eigenvalue weighted by atomic mass is 10.3. The van der Waals surface area contributed by atoms with Crippen LogP contribution in [0.15, 0.2) is 46.0 Å². The van der Waals surface area contributed by atoms with Gasteiger partial charge >= 0.3 is 0 Å². The number of thiophene rings is 1. The number of benzene rings is 1. The van der Waals surface area contributed by atoms with Gasteiger partial charge in [0.2, 0.25) is 0 Å². The quantitative estimate of drug-likeness (QED) is 0.822. The Kier molecular flexibility index (Phi) is 4.67. The Morgan fingerprint density at radius 1 is 1.15 bits per heavy atom. The minimum Gasteiger partial charge on any atom is -0.492 e. The summed E-state index contributed by atoms with van der Waals surface area (Å²) in [6.07, 6.45) is 0. The molecular weight excluding hydrogens is 294 g/mol. The second-order valence-electron chi connectivity index (χ2n) is 4.00. The lowest BCUT2D eigenvalue weighted by Crippen LogP contribution is -2.30. The molecule has 0 saturated heterocycles. The fourth-order valence-corrected chi connectivity index (χ4v) is 4.52. The van der Waals surface area contributed by atoms with Gasteiger partial charge in [0.25, 0.3) is 10.0 Å². The molecule has 0 saturated carbocycles. The first-order valence-electron chi connectivity index (χ1n) is 6.39. The smallest absolute Gasteiger partial charge is 0.273 e. The molecule has 1 aromatic carbocycles.